The van der Waals surface area contributed by atoms with Crippen molar-refractivity contribution in [3.05, 3.63) is 30.0 Å². The average molecular weight is 485 g/mol. The van der Waals surface area contributed by atoms with Gasteiger partial charge in [0.05, 0.1) is 0 Å². The highest BCUT2D eigenvalue weighted by molar-refractivity contribution is 7.99. The van der Waals surface area contributed by atoms with Crippen molar-refractivity contribution < 1.29 is 9.47 Å². The van der Waals surface area contributed by atoms with Crippen molar-refractivity contribution in [2.24, 2.45) is 0 Å². The zero-order chi connectivity index (χ0) is 23.0. The summed E-state index contributed by atoms with van der Waals surface area (Å²) in [6.45, 7) is 7.80. The Morgan fingerprint density at radius 3 is 2.76 bits per heavy atom. The molecule has 0 unspecified atom stereocenters. The maximum absolute atomic E-state index is 6.12. The summed E-state index contributed by atoms with van der Waals surface area (Å²) in [6.07, 6.45) is 3.26. The van der Waals surface area contributed by atoms with Gasteiger partial charge in [-0.05, 0) is 32.9 Å². The van der Waals surface area contributed by atoms with Crippen LogP contribution in [-0.2, 0) is 6.54 Å². The molecule has 0 fully saturated rings. The van der Waals surface area contributed by atoms with Crippen molar-refractivity contribution in [2.45, 2.75) is 42.9 Å². The number of hydrazine groups is 1. The molecule has 0 spiro atoms. The van der Waals surface area contributed by atoms with Gasteiger partial charge in [0.25, 0.3) is 0 Å². The Morgan fingerprint density at radius 2 is 2.00 bits per heavy atom. The molecule has 1 aliphatic rings. The third-order valence-corrected chi connectivity index (χ3v) is 6.65. The molecule has 4 N–H and O–H groups in total. The summed E-state index contributed by atoms with van der Waals surface area (Å²) in [7, 11) is 0. The normalized spacial score (nSPS) is 13.2. The van der Waals surface area contributed by atoms with E-state index in [1.807, 2.05) is 22.1 Å². The maximum Gasteiger partial charge on any atom is 0.231 e. The summed E-state index contributed by atoms with van der Waals surface area (Å²) < 4.78 is 13.3. The summed E-state index contributed by atoms with van der Waals surface area (Å²) in [5.74, 6) is 1.77. The van der Waals surface area contributed by atoms with Gasteiger partial charge in [-0.15, -0.1) is 11.3 Å². The van der Waals surface area contributed by atoms with Crippen molar-refractivity contribution in [3.8, 4) is 22.1 Å². The number of aromatic nitrogens is 5. The summed E-state index contributed by atoms with van der Waals surface area (Å²) in [4.78, 5) is 18.8. The van der Waals surface area contributed by atoms with Crippen LogP contribution in [0.2, 0.25) is 0 Å². The van der Waals surface area contributed by atoms with E-state index < -0.39 is 0 Å². The molecule has 0 bridgehead atoms. The van der Waals surface area contributed by atoms with Gasteiger partial charge < -0.3 is 19.8 Å². The molecule has 0 amide bonds. The molecule has 0 saturated heterocycles. The molecule has 0 atom stereocenters. The minimum Gasteiger partial charge on any atom is -0.454 e. The fraction of sp³-hybridized carbons (Fsp3) is 0.333. The van der Waals surface area contributed by atoms with Crippen LogP contribution in [0.4, 0.5) is 5.82 Å². The first-order chi connectivity index (χ1) is 15.9. The Hall–Kier alpha value is -2.93. The van der Waals surface area contributed by atoms with E-state index in [0.717, 1.165) is 20.6 Å². The first-order valence-electron chi connectivity index (χ1n) is 10.4. The predicted octanol–water partition coefficient (Wildman–Crippen LogP) is 3.30. The molecule has 12 heteroatoms. The fourth-order valence-electron chi connectivity index (χ4n) is 3.34. The van der Waals surface area contributed by atoms with Gasteiger partial charge in [-0.2, -0.15) is 0 Å². The third-order valence-electron chi connectivity index (χ3n) is 4.79. The molecule has 0 radical (unpaired) electrons. The molecule has 10 nitrogen and oxygen atoms in total. The highest BCUT2D eigenvalue weighted by Gasteiger charge is 2.23. The SMILES string of the molecule is CC(C)(C)NNCCn1c(Sc2cc3c(cc2-c2nccs2)OCO3)nc2c(N)ncnc21. The Labute approximate surface area is 198 Å². The summed E-state index contributed by atoms with van der Waals surface area (Å²) in [6, 6.07) is 3.95. The van der Waals surface area contributed by atoms with Crippen LogP contribution in [0.15, 0.2) is 40.1 Å². The number of ether oxygens (including phenoxy) is 2. The van der Waals surface area contributed by atoms with Gasteiger partial charge in [-0.1, -0.05) is 11.8 Å². The average Bonchev–Trinajstić information content (AvgIpc) is 3.51. The number of anilines is 1. The zero-order valence-corrected chi connectivity index (χ0v) is 20.1. The smallest absolute Gasteiger partial charge is 0.231 e. The molecule has 0 saturated carbocycles. The monoisotopic (exact) mass is 484 g/mol. The second kappa shape index (κ2) is 8.78. The number of fused-ring (bicyclic) bond motifs is 2. The first-order valence-corrected chi connectivity index (χ1v) is 12.1. The Balaban J connectivity index is 1.52. The van der Waals surface area contributed by atoms with Crippen molar-refractivity contribution >= 4 is 40.1 Å². The molecule has 172 valence electrons. The summed E-state index contributed by atoms with van der Waals surface area (Å²) in [5.41, 5.74) is 14.9. The molecular formula is C21H24N8O2S2. The molecule has 3 aromatic heterocycles. The second-order valence-corrected chi connectivity index (χ2v) is 10.3. The van der Waals surface area contributed by atoms with E-state index in [4.69, 9.17) is 20.2 Å². The lowest BCUT2D eigenvalue weighted by Gasteiger charge is -2.21. The summed E-state index contributed by atoms with van der Waals surface area (Å²) >= 11 is 3.08. The summed E-state index contributed by atoms with van der Waals surface area (Å²) in [5, 5.41) is 3.61. The van der Waals surface area contributed by atoms with E-state index >= 15 is 0 Å². The number of imidazole rings is 1. The highest BCUT2D eigenvalue weighted by Crippen LogP contribution is 2.45. The van der Waals surface area contributed by atoms with Crippen LogP contribution in [0, 0.1) is 0 Å². The number of thiazole rings is 1. The van der Waals surface area contributed by atoms with E-state index in [-0.39, 0.29) is 12.3 Å². The van der Waals surface area contributed by atoms with E-state index in [1.54, 1.807) is 17.5 Å². The van der Waals surface area contributed by atoms with Gasteiger partial charge in [0, 0.05) is 40.7 Å². The van der Waals surface area contributed by atoms with E-state index in [0.29, 0.717) is 41.6 Å². The Morgan fingerprint density at radius 1 is 1.18 bits per heavy atom. The van der Waals surface area contributed by atoms with E-state index in [2.05, 4.69) is 46.6 Å². The zero-order valence-electron chi connectivity index (χ0n) is 18.5. The second-order valence-electron chi connectivity index (χ2n) is 8.42. The van der Waals surface area contributed by atoms with E-state index in [9.17, 15) is 0 Å². The third kappa shape index (κ3) is 4.60. The number of hydrogen-bond donors (Lipinski definition) is 3. The van der Waals surface area contributed by atoms with Gasteiger partial charge in [0.1, 0.15) is 11.3 Å². The minimum atomic E-state index is -0.0454. The number of nitrogens with zero attached hydrogens (tertiary/aromatic N) is 5. The largest absolute Gasteiger partial charge is 0.454 e. The van der Waals surface area contributed by atoms with Crippen molar-refractivity contribution in [1.82, 2.24) is 35.4 Å². The molecule has 4 heterocycles. The molecule has 1 aliphatic heterocycles. The van der Waals surface area contributed by atoms with E-state index in [1.165, 1.54) is 18.1 Å². The lowest BCUT2D eigenvalue weighted by molar-refractivity contribution is 0.174. The van der Waals surface area contributed by atoms with Gasteiger partial charge in [-0.25, -0.2) is 19.9 Å². The van der Waals surface area contributed by atoms with Gasteiger partial charge >= 0.3 is 0 Å². The van der Waals surface area contributed by atoms with Crippen LogP contribution in [0.1, 0.15) is 20.8 Å². The number of nitrogens with two attached hydrogens (primary N) is 1. The van der Waals surface area contributed by atoms with Gasteiger partial charge in [0.2, 0.25) is 6.79 Å². The van der Waals surface area contributed by atoms with Gasteiger partial charge in [-0.3, -0.25) is 10.9 Å². The number of benzene rings is 1. The molecule has 0 aliphatic carbocycles. The number of nitrogen functional groups attached to an aromatic ring is 1. The van der Waals surface area contributed by atoms with Crippen LogP contribution in [0.25, 0.3) is 21.7 Å². The topological polar surface area (TPSA) is 125 Å². The number of hydrogen-bond acceptors (Lipinski definition) is 11. The van der Waals surface area contributed by atoms with Crippen molar-refractivity contribution in [3.63, 3.8) is 0 Å². The van der Waals surface area contributed by atoms with Crippen LogP contribution >= 0.6 is 23.1 Å². The molecule has 33 heavy (non-hydrogen) atoms. The number of rotatable bonds is 7. The van der Waals surface area contributed by atoms with Crippen molar-refractivity contribution in [1.29, 1.82) is 0 Å². The Kier molecular flexibility index (Phi) is 5.83. The quantitative estimate of drug-likeness (QED) is 0.266. The van der Waals surface area contributed by atoms with Crippen LogP contribution in [0.5, 0.6) is 11.5 Å². The van der Waals surface area contributed by atoms with Gasteiger partial charge in [0.15, 0.2) is 33.6 Å². The van der Waals surface area contributed by atoms with Crippen LogP contribution < -0.4 is 26.1 Å². The Bertz CT molecular complexity index is 1280. The van der Waals surface area contributed by atoms with Crippen molar-refractivity contribution in [2.75, 3.05) is 19.1 Å². The minimum absolute atomic E-state index is 0.0454. The van der Waals surface area contributed by atoms with Crippen LogP contribution in [-0.4, -0.2) is 43.4 Å². The first kappa shape index (κ1) is 21.9. The molecule has 5 rings (SSSR count). The fourth-order valence-corrected chi connectivity index (χ4v) is 5.12. The lowest BCUT2D eigenvalue weighted by atomic mass is 10.1. The highest BCUT2D eigenvalue weighted by atomic mass is 32.2. The standard InChI is InChI=1S/C21H24N8O2S2/c1-21(2,3)28-26-4-6-29-18-16(17(22)24-10-25-18)27-20(29)33-15-9-14-13(30-11-31-14)8-12(15)19-23-5-7-32-19/h5,7-10,26,28H,4,6,11H2,1-3H3,(H2,22,24,25). The van der Waals surface area contributed by atoms with Crippen LogP contribution in [0.3, 0.4) is 0 Å². The number of nitrogens with one attached hydrogen (secondary N) is 2. The maximum atomic E-state index is 6.12. The lowest BCUT2D eigenvalue weighted by Crippen LogP contribution is -2.47. The predicted molar refractivity (Wildman–Crippen MR) is 128 cm³/mol. The molecule has 4 aromatic rings. The molecule has 1 aromatic carbocycles. The molecular weight excluding hydrogens is 460 g/mol.